The van der Waals surface area contributed by atoms with Crippen molar-refractivity contribution in [2.45, 2.75) is 24.3 Å². The number of sulfonamides is 1. The van der Waals surface area contributed by atoms with Crippen LogP contribution < -0.4 is 14.8 Å². The second kappa shape index (κ2) is 10.8. The SMILES string of the molecule is CCOc1ccc(S(=O)(=O)N[C@@H](Cc2ccccc2)C(=O)Nc2cccc(Cl)c2)cc1Cl. The first-order chi connectivity index (χ1) is 15.3. The van der Waals surface area contributed by atoms with Crippen molar-refractivity contribution in [3.63, 3.8) is 0 Å². The lowest BCUT2D eigenvalue weighted by Gasteiger charge is -2.19. The quantitative estimate of drug-likeness (QED) is 0.443. The van der Waals surface area contributed by atoms with Crippen LogP contribution in [0.4, 0.5) is 5.69 Å². The average molecular weight is 493 g/mol. The van der Waals surface area contributed by atoms with Crippen molar-refractivity contribution in [2.24, 2.45) is 0 Å². The molecule has 0 saturated heterocycles. The fourth-order valence-corrected chi connectivity index (χ4v) is 4.72. The number of hydrogen-bond acceptors (Lipinski definition) is 4. The van der Waals surface area contributed by atoms with Crippen molar-refractivity contribution in [1.29, 1.82) is 0 Å². The van der Waals surface area contributed by atoms with E-state index in [-0.39, 0.29) is 16.3 Å². The molecule has 0 aliphatic rings. The molecule has 6 nitrogen and oxygen atoms in total. The zero-order valence-corrected chi connectivity index (χ0v) is 19.5. The zero-order valence-electron chi connectivity index (χ0n) is 17.2. The van der Waals surface area contributed by atoms with Crippen molar-refractivity contribution in [3.05, 3.63) is 88.4 Å². The molecule has 3 aromatic rings. The molecular weight excluding hydrogens is 471 g/mol. The first-order valence-electron chi connectivity index (χ1n) is 9.83. The van der Waals surface area contributed by atoms with Gasteiger partial charge in [0.15, 0.2) is 0 Å². The topological polar surface area (TPSA) is 84.5 Å². The third-order valence-electron chi connectivity index (χ3n) is 4.50. The molecule has 3 rings (SSSR count). The van der Waals surface area contributed by atoms with E-state index in [0.29, 0.717) is 23.1 Å². The molecule has 9 heteroatoms. The minimum Gasteiger partial charge on any atom is -0.492 e. The Kier molecular flexibility index (Phi) is 8.15. The van der Waals surface area contributed by atoms with E-state index in [4.69, 9.17) is 27.9 Å². The summed E-state index contributed by atoms with van der Waals surface area (Å²) in [5.74, 6) is -0.135. The second-order valence-corrected chi connectivity index (χ2v) is 9.45. The van der Waals surface area contributed by atoms with E-state index in [1.807, 2.05) is 30.3 Å². The molecule has 0 aromatic heterocycles. The summed E-state index contributed by atoms with van der Waals surface area (Å²) in [7, 11) is -4.06. The third-order valence-corrected chi connectivity index (χ3v) is 6.50. The number of rotatable bonds is 9. The molecule has 2 N–H and O–H groups in total. The first-order valence-corrected chi connectivity index (χ1v) is 12.1. The summed E-state index contributed by atoms with van der Waals surface area (Å²) in [6.07, 6.45) is 0.150. The van der Waals surface area contributed by atoms with Gasteiger partial charge in [0, 0.05) is 10.7 Å². The summed E-state index contributed by atoms with van der Waals surface area (Å²) in [4.78, 5) is 12.9. The Morgan fingerprint density at radius 1 is 1.00 bits per heavy atom. The Labute approximate surface area is 197 Å². The highest BCUT2D eigenvalue weighted by Gasteiger charge is 2.27. The molecule has 1 atom stereocenters. The smallest absolute Gasteiger partial charge is 0.242 e. The van der Waals surface area contributed by atoms with Crippen LogP contribution >= 0.6 is 23.2 Å². The minimum absolute atomic E-state index is 0.0698. The Morgan fingerprint density at radius 3 is 2.41 bits per heavy atom. The van der Waals surface area contributed by atoms with Gasteiger partial charge in [-0.3, -0.25) is 4.79 Å². The molecule has 3 aromatic carbocycles. The van der Waals surface area contributed by atoms with Crippen LogP contribution in [0.5, 0.6) is 5.75 Å². The molecule has 0 saturated carbocycles. The standard InChI is InChI=1S/C23H22Cl2N2O4S/c1-2-31-22-12-11-19(15-20(22)25)32(29,30)27-21(13-16-7-4-3-5-8-16)23(28)26-18-10-6-9-17(24)14-18/h3-12,14-15,21,27H,2,13H2,1H3,(H,26,28)/t21-/m0/s1. The molecular formula is C23H22Cl2N2O4S. The van der Waals surface area contributed by atoms with Crippen molar-refractivity contribution in [2.75, 3.05) is 11.9 Å². The maximum atomic E-state index is 13.1. The summed E-state index contributed by atoms with van der Waals surface area (Å²) < 4.78 is 34.0. The molecule has 0 unspecified atom stereocenters. The molecule has 1 amide bonds. The van der Waals surface area contributed by atoms with Crippen LogP contribution in [0.2, 0.25) is 10.0 Å². The average Bonchev–Trinajstić information content (AvgIpc) is 2.75. The normalized spacial score (nSPS) is 12.2. The zero-order chi connectivity index (χ0) is 23.1. The molecule has 0 bridgehead atoms. The maximum absolute atomic E-state index is 13.1. The van der Waals surface area contributed by atoms with E-state index >= 15 is 0 Å². The highest BCUT2D eigenvalue weighted by molar-refractivity contribution is 7.89. The van der Waals surface area contributed by atoms with E-state index in [0.717, 1.165) is 5.56 Å². The summed E-state index contributed by atoms with van der Waals surface area (Å²) in [6, 6.07) is 18.8. The van der Waals surface area contributed by atoms with Gasteiger partial charge in [0.25, 0.3) is 0 Å². The number of amides is 1. The lowest BCUT2D eigenvalue weighted by atomic mass is 10.1. The van der Waals surface area contributed by atoms with Gasteiger partial charge in [-0.15, -0.1) is 0 Å². The van der Waals surface area contributed by atoms with E-state index in [9.17, 15) is 13.2 Å². The number of ether oxygens (including phenoxy) is 1. The molecule has 0 radical (unpaired) electrons. The Bertz CT molecular complexity index is 1190. The van der Waals surface area contributed by atoms with Gasteiger partial charge < -0.3 is 10.1 Å². The first kappa shape index (κ1) is 24.1. The minimum atomic E-state index is -4.06. The fraction of sp³-hybridized carbons (Fsp3) is 0.174. The summed E-state index contributed by atoms with van der Waals surface area (Å²) in [5, 5.41) is 3.33. The predicted molar refractivity (Wildman–Crippen MR) is 127 cm³/mol. The van der Waals surface area contributed by atoms with Gasteiger partial charge in [-0.05, 0) is 55.3 Å². The Balaban J connectivity index is 1.87. The number of benzene rings is 3. The largest absolute Gasteiger partial charge is 0.492 e. The summed E-state index contributed by atoms with van der Waals surface area (Å²) in [5.41, 5.74) is 1.26. The van der Waals surface area contributed by atoms with Gasteiger partial charge in [0.05, 0.1) is 16.5 Å². The van der Waals surface area contributed by atoms with E-state index in [1.54, 1.807) is 31.2 Å². The third kappa shape index (κ3) is 6.46. The van der Waals surface area contributed by atoms with Gasteiger partial charge in [-0.25, -0.2) is 8.42 Å². The number of carbonyl (C=O) groups is 1. The van der Waals surface area contributed by atoms with Crippen molar-refractivity contribution in [3.8, 4) is 5.75 Å². The Morgan fingerprint density at radius 2 is 1.75 bits per heavy atom. The van der Waals surface area contributed by atoms with Gasteiger partial charge in [0.2, 0.25) is 15.9 Å². The molecule has 0 heterocycles. The number of hydrogen-bond donors (Lipinski definition) is 2. The lowest BCUT2D eigenvalue weighted by Crippen LogP contribution is -2.45. The molecule has 0 aliphatic heterocycles. The fourth-order valence-electron chi connectivity index (χ4n) is 3.01. The number of anilines is 1. The van der Waals surface area contributed by atoms with Crippen LogP contribution in [-0.4, -0.2) is 27.0 Å². The molecule has 168 valence electrons. The number of nitrogens with one attached hydrogen (secondary N) is 2. The molecule has 0 fully saturated rings. The predicted octanol–water partition coefficient (Wildman–Crippen LogP) is 4.92. The van der Waals surface area contributed by atoms with Crippen molar-refractivity contribution in [1.82, 2.24) is 4.72 Å². The molecule has 0 spiro atoms. The summed E-state index contributed by atoms with van der Waals surface area (Å²) in [6.45, 7) is 2.20. The van der Waals surface area contributed by atoms with Crippen LogP contribution in [0.1, 0.15) is 12.5 Å². The van der Waals surface area contributed by atoms with Crippen LogP contribution in [0.3, 0.4) is 0 Å². The van der Waals surface area contributed by atoms with Crippen LogP contribution in [-0.2, 0) is 21.2 Å². The van der Waals surface area contributed by atoms with Crippen molar-refractivity contribution >= 4 is 44.8 Å². The lowest BCUT2D eigenvalue weighted by molar-refractivity contribution is -0.117. The van der Waals surface area contributed by atoms with E-state index in [1.165, 1.54) is 18.2 Å². The maximum Gasteiger partial charge on any atom is 0.242 e. The molecule has 32 heavy (non-hydrogen) atoms. The monoisotopic (exact) mass is 492 g/mol. The number of halogens is 2. The highest BCUT2D eigenvalue weighted by Crippen LogP contribution is 2.27. The summed E-state index contributed by atoms with van der Waals surface area (Å²) >= 11 is 12.1. The van der Waals surface area contributed by atoms with Gasteiger partial charge in [0.1, 0.15) is 11.8 Å². The second-order valence-electron chi connectivity index (χ2n) is 6.89. The van der Waals surface area contributed by atoms with Crippen molar-refractivity contribution < 1.29 is 17.9 Å². The van der Waals surface area contributed by atoms with Crippen LogP contribution in [0, 0.1) is 0 Å². The van der Waals surface area contributed by atoms with Gasteiger partial charge >= 0.3 is 0 Å². The molecule has 0 aliphatic carbocycles. The van der Waals surface area contributed by atoms with Gasteiger partial charge in [-0.1, -0.05) is 59.6 Å². The Hall–Kier alpha value is -2.58. The van der Waals surface area contributed by atoms with Crippen LogP contribution in [0.25, 0.3) is 0 Å². The highest BCUT2D eigenvalue weighted by atomic mass is 35.5. The number of carbonyl (C=O) groups excluding carboxylic acids is 1. The van der Waals surface area contributed by atoms with Crippen LogP contribution in [0.15, 0.2) is 77.7 Å². The van der Waals surface area contributed by atoms with Gasteiger partial charge in [-0.2, -0.15) is 4.72 Å². The van der Waals surface area contributed by atoms with E-state index in [2.05, 4.69) is 10.0 Å². The van der Waals surface area contributed by atoms with E-state index < -0.39 is 22.0 Å².